The van der Waals surface area contributed by atoms with Crippen LogP contribution in [0.1, 0.15) is 12.8 Å². The van der Waals surface area contributed by atoms with Crippen LogP contribution in [0.5, 0.6) is 0 Å². The van der Waals surface area contributed by atoms with Crippen molar-refractivity contribution in [2.45, 2.75) is 12.8 Å². The zero-order valence-corrected chi connectivity index (χ0v) is 9.06. The average Bonchev–Trinajstić information content (AvgIpc) is 2.46. The van der Waals surface area contributed by atoms with Crippen LogP contribution in [0, 0.1) is 11.8 Å². The lowest BCUT2D eigenvalue weighted by molar-refractivity contribution is 0.284. The third kappa shape index (κ3) is 2.61. The van der Waals surface area contributed by atoms with Gasteiger partial charge < -0.3 is 10.6 Å². The minimum Gasteiger partial charge on any atom is -0.330 e. The van der Waals surface area contributed by atoms with Gasteiger partial charge in [-0.05, 0) is 49.3 Å². The van der Waals surface area contributed by atoms with Crippen molar-refractivity contribution >= 4 is 11.8 Å². The lowest BCUT2D eigenvalue weighted by Crippen LogP contribution is -2.34. The van der Waals surface area contributed by atoms with E-state index in [2.05, 4.69) is 16.7 Å². The van der Waals surface area contributed by atoms with E-state index in [0.29, 0.717) is 0 Å². The van der Waals surface area contributed by atoms with Crippen molar-refractivity contribution in [3.05, 3.63) is 0 Å². The van der Waals surface area contributed by atoms with Gasteiger partial charge in [-0.2, -0.15) is 11.8 Å². The summed E-state index contributed by atoms with van der Waals surface area (Å²) in [5, 5.41) is 0. The Labute approximate surface area is 85.2 Å². The van der Waals surface area contributed by atoms with Gasteiger partial charge in [0.25, 0.3) is 0 Å². The smallest absolute Gasteiger partial charge is 0.00256 e. The van der Waals surface area contributed by atoms with Gasteiger partial charge in [-0.15, -0.1) is 0 Å². The SMILES string of the molecule is NCCC1CCN(CC2CSC2)C1. The Kier molecular flexibility index (Phi) is 3.52. The van der Waals surface area contributed by atoms with Crippen LogP contribution in [0.3, 0.4) is 0 Å². The van der Waals surface area contributed by atoms with Crippen molar-refractivity contribution in [1.29, 1.82) is 0 Å². The van der Waals surface area contributed by atoms with Gasteiger partial charge in [-0.3, -0.25) is 0 Å². The molecule has 2 nitrogen and oxygen atoms in total. The second kappa shape index (κ2) is 4.67. The van der Waals surface area contributed by atoms with E-state index in [-0.39, 0.29) is 0 Å². The first kappa shape index (κ1) is 9.81. The maximum absolute atomic E-state index is 5.57. The molecule has 0 spiro atoms. The second-order valence-electron chi connectivity index (χ2n) is 4.40. The summed E-state index contributed by atoms with van der Waals surface area (Å²) in [5.41, 5.74) is 5.57. The maximum Gasteiger partial charge on any atom is 0.00256 e. The molecule has 2 N–H and O–H groups in total. The molecule has 0 amide bonds. The number of thioether (sulfide) groups is 1. The topological polar surface area (TPSA) is 29.3 Å². The predicted octanol–water partition coefficient (Wildman–Crippen LogP) is 1.02. The zero-order valence-electron chi connectivity index (χ0n) is 8.24. The van der Waals surface area contributed by atoms with Gasteiger partial charge in [0.2, 0.25) is 0 Å². The Balaban J connectivity index is 1.65. The van der Waals surface area contributed by atoms with E-state index in [1.54, 1.807) is 0 Å². The van der Waals surface area contributed by atoms with Crippen LogP contribution in [-0.4, -0.2) is 42.6 Å². The first-order valence-corrected chi connectivity index (χ1v) is 6.54. The van der Waals surface area contributed by atoms with Crippen molar-refractivity contribution in [2.75, 3.05) is 37.7 Å². The fourth-order valence-electron chi connectivity index (χ4n) is 2.31. The molecule has 0 saturated carbocycles. The van der Waals surface area contributed by atoms with Crippen molar-refractivity contribution < 1.29 is 0 Å². The summed E-state index contributed by atoms with van der Waals surface area (Å²) in [7, 11) is 0. The summed E-state index contributed by atoms with van der Waals surface area (Å²) < 4.78 is 0. The fraction of sp³-hybridized carbons (Fsp3) is 1.00. The van der Waals surface area contributed by atoms with E-state index in [0.717, 1.165) is 18.4 Å². The molecule has 76 valence electrons. The van der Waals surface area contributed by atoms with E-state index in [9.17, 15) is 0 Å². The molecule has 1 atom stereocenters. The number of nitrogens with zero attached hydrogens (tertiary/aromatic N) is 1. The summed E-state index contributed by atoms with van der Waals surface area (Å²) in [6, 6.07) is 0. The van der Waals surface area contributed by atoms with Crippen LogP contribution in [0.15, 0.2) is 0 Å². The molecule has 2 aliphatic heterocycles. The molecule has 2 rings (SSSR count). The van der Waals surface area contributed by atoms with Crippen molar-refractivity contribution in [1.82, 2.24) is 4.90 Å². The molecule has 0 aromatic heterocycles. The Morgan fingerprint density at radius 1 is 1.31 bits per heavy atom. The fourth-order valence-corrected chi connectivity index (χ4v) is 3.08. The summed E-state index contributed by atoms with van der Waals surface area (Å²) in [4.78, 5) is 2.64. The third-order valence-electron chi connectivity index (χ3n) is 3.17. The van der Waals surface area contributed by atoms with Crippen molar-refractivity contribution in [3.8, 4) is 0 Å². The lowest BCUT2D eigenvalue weighted by atomic mass is 10.1. The van der Waals surface area contributed by atoms with Crippen LogP contribution in [0.4, 0.5) is 0 Å². The van der Waals surface area contributed by atoms with E-state index in [1.807, 2.05) is 0 Å². The molecule has 2 heterocycles. The van der Waals surface area contributed by atoms with Gasteiger partial charge in [0.05, 0.1) is 0 Å². The zero-order chi connectivity index (χ0) is 9.10. The molecule has 13 heavy (non-hydrogen) atoms. The van der Waals surface area contributed by atoms with E-state index in [1.165, 1.54) is 44.0 Å². The molecule has 0 aliphatic carbocycles. The molecule has 2 aliphatic rings. The monoisotopic (exact) mass is 200 g/mol. The molecule has 1 unspecified atom stereocenters. The van der Waals surface area contributed by atoms with Gasteiger partial charge in [-0.25, -0.2) is 0 Å². The van der Waals surface area contributed by atoms with Gasteiger partial charge in [0, 0.05) is 13.1 Å². The van der Waals surface area contributed by atoms with E-state index >= 15 is 0 Å². The highest BCUT2D eigenvalue weighted by atomic mass is 32.2. The molecule has 2 saturated heterocycles. The van der Waals surface area contributed by atoms with Crippen molar-refractivity contribution in [3.63, 3.8) is 0 Å². The maximum atomic E-state index is 5.57. The standard InChI is InChI=1S/C10H20N2S/c11-3-1-9-2-4-12(5-9)6-10-7-13-8-10/h9-10H,1-8,11H2. The summed E-state index contributed by atoms with van der Waals surface area (Å²) in [6.45, 7) is 4.87. The molecular formula is C10H20N2S. The van der Waals surface area contributed by atoms with Gasteiger partial charge >= 0.3 is 0 Å². The lowest BCUT2D eigenvalue weighted by Gasteiger charge is -2.29. The van der Waals surface area contributed by atoms with E-state index in [4.69, 9.17) is 5.73 Å². The molecule has 0 bridgehead atoms. The van der Waals surface area contributed by atoms with Gasteiger partial charge in [0.15, 0.2) is 0 Å². The van der Waals surface area contributed by atoms with Crippen LogP contribution < -0.4 is 5.73 Å². The first-order chi connectivity index (χ1) is 6.38. The highest BCUT2D eigenvalue weighted by Gasteiger charge is 2.26. The highest BCUT2D eigenvalue weighted by Crippen LogP contribution is 2.27. The van der Waals surface area contributed by atoms with Crippen LogP contribution in [-0.2, 0) is 0 Å². The summed E-state index contributed by atoms with van der Waals surface area (Å²) >= 11 is 2.09. The Morgan fingerprint density at radius 3 is 2.77 bits per heavy atom. The highest BCUT2D eigenvalue weighted by molar-refractivity contribution is 8.00. The number of rotatable bonds is 4. The predicted molar refractivity (Wildman–Crippen MR) is 59.0 cm³/mol. The van der Waals surface area contributed by atoms with Gasteiger partial charge in [-0.1, -0.05) is 0 Å². The quantitative estimate of drug-likeness (QED) is 0.735. The number of likely N-dealkylation sites (tertiary alicyclic amines) is 1. The molecule has 0 aromatic carbocycles. The van der Waals surface area contributed by atoms with Crippen LogP contribution in [0.25, 0.3) is 0 Å². The first-order valence-electron chi connectivity index (χ1n) is 5.38. The Morgan fingerprint density at radius 2 is 2.15 bits per heavy atom. The molecule has 0 aromatic rings. The minimum atomic E-state index is 0.873. The van der Waals surface area contributed by atoms with Crippen LogP contribution >= 0.6 is 11.8 Å². The second-order valence-corrected chi connectivity index (χ2v) is 5.47. The summed E-state index contributed by atoms with van der Waals surface area (Å²) in [6.07, 6.45) is 2.62. The number of hydrogen-bond donors (Lipinski definition) is 1. The van der Waals surface area contributed by atoms with E-state index < -0.39 is 0 Å². The minimum absolute atomic E-state index is 0.873. The van der Waals surface area contributed by atoms with Crippen molar-refractivity contribution in [2.24, 2.45) is 17.6 Å². The number of hydrogen-bond acceptors (Lipinski definition) is 3. The molecule has 3 heteroatoms. The molecular weight excluding hydrogens is 180 g/mol. The van der Waals surface area contributed by atoms with Crippen LogP contribution in [0.2, 0.25) is 0 Å². The molecule has 2 fully saturated rings. The largest absolute Gasteiger partial charge is 0.330 e. The Hall–Kier alpha value is 0.270. The Bertz CT molecular complexity index is 159. The number of nitrogens with two attached hydrogens (primary N) is 1. The summed E-state index contributed by atoms with van der Waals surface area (Å²) in [5.74, 6) is 4.70. The normalized spacial score (nSPS) is 30.7. The molecule has 0 radical (unpaired) electrons. The average molecular weight is 200 g/mol. The third-order valence-corrected chi connectivity index (χ3v) is 4.58. The van der Waals surface area contributed by atoms with Gasteiger partial charge in [0.1, 0.15) is 0 Å².